The zero-order valence-corrected chi connectivity index (χ0v) is 12.6. The molecular weight excluding hydrogens is 260 g/mol. The summed E-state index contributed by atoms with van der Waals surface area (Å²) < 4.78 is 0. The van der Waals surface area contributed by atoms with E-state index in [0.717, 1.165) is 31.0 Å². The smallest absolute Gasteiger partial charge is 0.254 e. The molecular formula is C18H24N2O. The quantitative estimate of drug-likeness (QED) is 0.856. The number of hydrogen-bond donors (Lipinski definition) is 1. The number of hydrogen-bond acceptors (Lipinski definition) is 2. The van der Waals surface area contributed by atoms with Gasteiger partial charge >= 0.3 is 0 Å². The van der Waals surface area contributed by atoms with Gasteiger partial charge in [-0.3, -0.25) is 4.79 Å². The lowest BCUT2D eigenvalue weighted by molar-refractivity contribution is 0.0390. The number of nitrogens with one attached hydrogen (secondary N) is 1. The van der Waals surface area contributed by atoms with Crippen molar-refractivity contribution in [1.82, 2.24) is 4.90 Å². The van der Waals surface area contributed by atoms with Gasteiger partial charge in [0.05, 0.1) is 0 Å². The van der Waals surface area contributed by atoms with E-state index in [4.69, 9.17) is 0 Å². The Labute approximate surface area is 126 Å². The van der Waals surface area contributed by atoms with E-state index in [9.17, 15) is 4.79 Å². The number of benzene rings is 1. The number of nitrogens with zero attached hydrogens (tertiary/aromatic N) is 1. The number of anilines is 1. The largest absolute Gasteiger partial charge is 0.384 e. The Morgan fingerprint density at radius 2 is 2.00 bits per heavy atom. The van der Waals surface area contributed by atoms with Crippen LogP contribution in [0.5, 0.6) is 0 Å². The second-order valence-corrected chi connectivity index (χ2v) is 6.80. The molecule has 3 heteroatoms. The maximum absolute atomic E-state index is 13.0. The first kappa shape index (κ1) is 13.2. The van der Waals surface area contributed by atoms with Gasteiger partial charge < -0.3 is 10.2 Å². The molecule has 1 aromatic rings. The summed E-state index contributed by atoms with van der Waals surface area (Å²) in [5.74, 6) is 1.02. The first-order valence-corrected chi connectivity index (χ1v) is 8.51. The summed E-state index contributed by atoms with van der Waals surface area (Å²) in [5.41, 5.74) is 3.41. The molecule has 2 fully saturated rings. The highest BCUT2D eigenvalue weighted by atomic mass is 16.2. The molecule has 1 N–H and O–H groups in total. The van der Waals surface area contributed by atoms with Crippen molar-refractivity contribution in [3.05, 3.63) is 29.3 Å². The molecule has 21 heavy (non-hydrogen) atoms. The first-order valence-electron chi connectivity index (χ1n) is 8.51. The van der Waals surface area contributed by atoms with E-state index in [1.807, 2.05) is 6.07 Å². The number of fused-ring (bicyclic) bond motifs is 2. The molecule has 0 radical (unpaired) electrons. The fourth-order valence-corrected chi connectivity index (χ4v) is 4.48. The van der Waals surface area contributed by atoms with E-state index in [1.54, 1.807) is 0 Å². The maximum Gasteiger partial charge on any atom is 0.254 e. The van der Waals surface area contributed by atoms with E-state index in [2.05, 4.69) is 22.3 Å². The average Bonchev–Trinajstić information content (AvgIpc) is 3.01. The lowest BCUT2D eigenvalue weighted by Gasteiger charge is -2.44. The summed E-state index contributed by atoms with van der Waals surface area (Å²) >= 11 is 0. The van der Waals surface area contributed by atoms with Crippen LogP contribution in [0.1, 0.15) is 54.4 Å². The van der Waals surface area contributed by atoms with Gasteiger partial charge in [0.25, 0.3) is 5.91 Å². The molecule has 0 spiro atoms. The molecule has 2 aliphatic heterocycles. The number of likely N-dealkylation sites (tertiary alicyclic amines) is 1. The molecule has 1 aromatic carbocycles. The summed E-state index contributed by atoms with van der Waals surface area (Å²) in [6.45, 7) is 1.96. The maximum atomic E-state index is 13.0. The van der Waals surface area contributed by atoms with Crippen LogP contribution < -0.4 is 5.32 Å². The zero-order valence-electron chi connectivity index (χ0n) is 12.6. The molecule has 2 unspecified atom stereocenters. The van der Waals surface area contributed by atoms with Crippen molar-refractivity contribution in [1.29, 1.82) is 0 Å². The lowest BCUT2D eigenvalue weighted by Crippen LogP contribution is -2.49. The second kappa shape index (κ2) is 5.36. The Bertz CT molecular complexity index is 552. The van der Waals surface area contributed by atoms with Gasteiger partial charge in [-0.2, -0.15) is 0 Å². The highest BCUT2D eigenvalue weighted by Gasteiger charge is 2.36. The molecule has 2 heterocycles. The van der Waals surface area contributed by atoms with Crippen molar-refractivity contribution in [2.75, 3.05) is 18.4 Å². The molecule has 3 aliphatic rings. The molecule has 1 saturated carbocycles. The number of amides is 1. The predicted molar refractivity (Wildman–Crippen MR) is 84.7 cm³/mol. The Hall–Kier alpha value is -1.51. The molecule has 112 valence electrons. The van der Waals surface area contributed by atoms with Crippen LogP contribution >= 0.6 is 0 Å². The standard InChI is InChI=1S/C18H24N2O/c21-18(15-7-8-16-14(12-15)9-10-19-16)20-11-3-5-13-4-1-2-6-17(13)20/h7-8,12-13,17,19H,1-6,9-11H2. The molecule has 1 saturated heterocycles. The van der Waals surface area contributed by atoms with Gasteiger partial charge in [0.1, 0.15) is 0 Å². The van der Waals surface area contributed by atoms with Crippen molar-refractivity contribution < 1.29 is 4.79 Å². The zero-order chi connectivity index (χ0) is 14.2. The fourth-order valence-electron chi connectivity index (χ4n) is 4.48. The van der Waals surface area contributed by atoms with Gasteiger partial charge in [0, 0.05) is 30.4 Å². The van der Waals surface area contributed by atoms with Crippen LogP contribution in [0, 0.1) is 5.92 Å². The van der Waals surface area contributed by atoms with Crippen LogP contribution in [0.25, 0.3) is 0 Å². The molecule has 4 rings (SSSR count). The van der Waals surface area contributed by atoms with E-state index in [1.165, 1.54) is 49.8 Å². The SMILES string of the molecule is O=C(c1ccc2c(c1)CCN2)N1CCCC2CCCCC21. The normalized spacial score (nSPS) is 27.7. The molecule has 2 atom stereocenters. The number of piperidine rings is 1. The van der Waals surface area contributed by atoms with Crippen LogP contribution in [-0.2, 0) is 6.42 Å². The van der Waals surface area contributed by atoms with Gasteiger partial charge in [-0.1, -0.05) is 12.8 Å². The molecule has 3 nitrogen and oxygen atoms in total. The van der Waals surface area contributed by atoms with Crippen molar-refractivity contribution in [2.24, 2.45) is 5.92 Å². The van der Waals surface area contributed by atoms with E-state index >= 15 is 0 Å². The minimum Gasteiger partial charge on any atom is -0.384 e. The summed E-state index contributed by atoms with van der Waals surface area (Å²) in [6.07, 6.45) is 8.72. The van der Waals surface area contributed by atoms with Gasteiger partial charge in [-0.25, -0.2) is 0 Å². The minimum absolute atomic E-state index is 0.265. The summed E-state index contributed by atoms with van der Waals surface area (Å²) in [5, 5.41) is 3.37. The van der Waals surface area contributed by atoms with Crippen molar-refractivity contribution in [3.8, 4) is 0 Å². The van der Waals surface area contributed by atoms with Crippen LogP contribution in [0.4, 0.5) is 5.69 Å². The van der Waals surface area contributed by atoms with Crippen LogP contribution in [-0.4, -0.2) is 29.9 Å². The third kappa shape index (κ3) is 2.33. The van der Waals surface area contributed by atoms with E-state index in [0.29, 0.717) is 6.04 Å². The van der Waals surface area contributed by atoms with Crippen LogP contribution in [0.2, 0.25) is 0 Å². The van der Waals surface area contributed by atoms with Gasteiger partial charge in [0.2, 0.25) is 0 Å². The summed E-state index contributed by atoms with van der Waals surface area (Å²) in [6, 6.07) is 6.71. The Morgan fingerprint density at radius 1 is 1.14 bits per heavy atom. The van der Waals surface area contributed by atoms with E-state index in [-0.39, 0.29) is 5.91 Å². The first-order chi connectivity index (χ1) is 10.3. The number of carbonyl (C=O) groups is 1. The Balaban J connectivity index is 1.58. The third-order valence-electron chi connectivity index (χ3n) is 5.57. The van der Waals surface area contributed by atoms with Crippen LogP contribution in [0.15, 0.2) is 18.2 Å². The molecule has 1 aliphatic carbocycles. The molecule has 1 amide bonds. The highest BCUT2D eigenvalue weighted by Crippen LogP contribution is 2.36. The predicted octanol–water partition coefficient (Wildman–Crippen LogP) is 3.45. The monoisotopic (exact) mass is 284 g/mol. The topological polar surface area (TPSA) is 32.3 Å². The van der Waals surface area contributed by atoms with E-state index < -0.39 is 0 Å². The van der Waals surface area contributed by atoms with Gasteiger partial charge in [0.15, 0.2) is 0 Å². The Morgan fingerprint density at radius 3 is 2.95 bits per heavy atom. The Kier molecular flexibility index (Phi) is 3.36. The molecule has 0 bridgehead atoms. The average molecular weight is 284 g/mol. The van der Waals surface area contributed by atoms with Gasteiger partial charge in [-0.15, -0.1) is 0 Å². The number of rotatable bonds is 1. The second-order valence-electron chi connectivity index (χ2n) is 6.80. The number of carbonyl (C=O) groups excluding carboxylic acids is 1. The fraction of sp³-hybridized carbons (Fsp3) is 0.611. The lowest BCUT2D eigenvalue weighted by atomic mass is 9.78. The molecule has 0 aromatic heterocycles. The summed E-state index contributed by atoms with van der Waals surface area (Å²) in [7, 11) is 0. The van der Waals surface area contributed by atoms with Crippen molar-refractivity contribution in [2.45, 2.75) is 51.0 Å². The van der Waals surface area contributed by atoms with Gasteiger partial charge in [-0.05, 0) is 61.8 Å². The third-order valence-corrected chi connectivity index (χ3v) is 5.57. The van der Waals surface area contributed by atoms with Crippen molar-refractivity contribution in [3.63, 3.8) is 0 Å². The summed E-state index contributed by atoms with van der Waals surface area (Å²) in [4.78, 5) is 15.2. The van der Waals surface area contributed by atoms with Crippen LogP contribution in [0.3, 0.4) is 0 Å². The van der Waals surface area contributed by atoms with Crippen molar-refractivity contribution >= 4 is 11.6 Å². The highest BCUT2D eigenvalue weighted by molar-refractivity contribution is 5.95. The minimum atomic E-state index is 0.265.